The number of ether oxygens (including phenoxy) is 1. The zero-order chi connectivity index (χ0) is 21.3. The largest absolute Gasteiger partial charge is 0.497 e. The lowest BCUT2D eigenvalue weighted by Crippen LogP contribution is -2.41. The summed E-state index contributed by atoms with van der Waals surface area (Å²) in [7, 11) is -0.638. The lowest BCUT2D eigenvalue weighted by molar-refractivity contribution is -0.385. The normalized spacial score (nSPS) is 11.7. The summed E-state index contributed by atoms with van der Waals surface area (Å²) in [5.41, 5.74) is 0.745. The summed E-state index contributed by atoms with van der Waals surface area (Å²) < 4.78 is 32.0. The van der Waals surface area contributed by atoms with Crippen molar-refractivity contribution in [2.75, 3.05) is 27.2 Å². The maximum absolute atomic E-state index is 12.3. The Kier molecular flexibility index (Phi) is 7.92. The molecule has 0 aliphatic rings. The minimum atomic E-state index is -3.85. The van der Waals surface area contributed by atoms with E-state index in [1.54, 1.807) is 14.2 Å². The second-order valence-corrected chi connectivity index (χ2v) is 7.62. The monoisotopic (exact) mass is 421 g/mol. The van der Waals surface area contributed by atoms with Crippen LogP contribution in [0, 0.1) is 10.1 Å². The van der Waals surface area contributed by atoms with Gasteiger partial charge in [-0.2, -0.15) is 0 Å². The standard InChI is InChI=1S/C18H23N5O5S/c1-19-18(21-13-14-6-8-16(28-2)9-7-14)20-10-11-22-29(26,27)17-5-3-4-15(12-17)23(24)25/h3-9,12,22H,10-11,13H2,1-2H3,(H2,19,20,21). The average molecular weight is 421 g/mol. The molecule has 0 saturated heterocycles. The molecule has 0 atom stereocenters. The molecule has 0 fully saturated rings. The molecular formula is C18H23N5O5S. The fourth-order valence-corrected chi connectivity index (χ4v) is 3.43. The highest BCUT2D eigenvalue weighted by molar-refractivity contribution is 7.89. The van der Waals surface area contributed by atoms with Gasteiger partial charge in [-0.3, -0.25) is 15.1 Å². The highest BCUT2D eigenvalue weighted by Crippen LogP contribution is 2.16. The number of benzene rings is 2. The van der Waals surface area contributed by atoms with E-state index in [9.17, 15) is 18.5 Å². The molecule has 0 aliphatic heterocycles. The van der Waals surface area contributed by atoms with Crippen LogP contribution in [-0.4, -0.2) is 46.5 Å². The average Bonchev–Trinajstić information content (AvgIpc) is 2.73. The molecule has 0 bridgehead atoms. The van der Waals surface area contributed by atoms with Crippen LogP contribution in [0.25, 0.3) is 0 Å². The Balaban J connectivity index is 1.81. The molecule has 0 aromatic heterocycles. The third kappa shape index (κ3) is 6.73. The lowest BCUT2D eigenvalue weighted by Gasteiger charge is -2.13. The van der Waals surface area contributed by atoms with Crippen LogP contribution < -0.4 is 20.1 Å². The Hall–Kier alpha value is -3.18. The molecule has 0 unspecified atom stereocenters. The molecule has 0 heterocycles. The fraction of sp³-hybridized carbons (Fsp3) is 0.278. The van der Waals surface area contributed by atoms with E-state index >= 15 is 0 Å². The molecule has 11 heteroatoms. The van der Waals surface area contributed by atoms with E-state index < -0.39 is 14.9 Å². The van der Waals surface area contributed by atoms with Gasteiger partial charge in [-0.1, -0.05) is 18.2 Å². The van der Waals surface area contributed by atoms with Crippen LogP contribution in [0.3, 0.4) is 0 Å². The van der Waals surface area contributed by atoms with Gasteiger partial charge in [0, 0.05) is 38.8 Å². The van der Waals surface area contributed by atoms with Gasteiger partial charge in [-0.05, 0) is 23.8 Å². The number of nitro benzene ring substituents is 1. The topological polar surface area (TPSA) is 135 Å². The van der Waals surface area contributed by atoms with Gasteiger partial charge in [0.05, 0.1) is 16.9 Å². The fourth-order valence-electron chi connectivity index (χ4n) is 2.36. The van der Waals surface area contributed by atoms with Gasteiger partial charge in [-0.15, -0.1) is 0 Å². The van der Waals surface area contributed by atoms with Crippen molar-refractivity contribution in [2.24, 2.45) is 4.99 Å². The van der Waals surface area contributed by atoms with Crippen molar-refractivity contribution in [3.63, 3.8) is 0 Å². The van der Waals surface area contributed by atoms with Crippen molar-refractivity contribution >= 4 is 21.7 Å². The first-order valence-electron chi connectivity index (χ1n) is 8.67. The van der Waals surface area contributed by atoms with E-state index in [0.29, 0.717) is 12.5 Å². The van der Waals surface area contributed by atoms with Crippen molar-refractivity contribution in [1.29, 1.82) is 0 Å². The molecule has 2 aromatic carbocycles. The summed E-state index contributed by atoms with van der Waals surface area (Å²) in [6.45, 7) is 0.883. The number of aliphatic imine (C=N–C) groups is 1. The third-order valence-electron chi connectivity index (χ3n) is 3.89. The molecule has 10 nitrogen and oxygen atoms in total. The number of nitro groups is 1. The van der Waals surface area contributed by atoms with Crippen LogP contribution in [0.2, 0.25) is 0 Å². The molecule has 29 heavy (non-hydrogen) atoms. The van der Waals surface area contributed by atoms with Gasteiger partial charge in [-0.25, -0.2) is 13.1 Å². The molecular weight excluding hydrogens is 398 g/mol. The second-order valence-electron chi connectivity index (χ2n) is 5.85. The molecule has 0 amide bonds. The van der Waals surface area contributed by atoms with E-state index in [4.69, 9.17) is 4.74 Å². The number of sulfonamides is 1. The SMILES string of the molecule is CN=C(NCCNS(=O)(=O)c1cccc([N+](=O)[O-])c1)NCc1ccc(OC)cc1. The van der Waals surface area contributed by atoms with Crippen LogP contribution in [0.1, 0.15) is 5.56 Å². The predicted molar refractivity (Wildman–Crippen MR) is 109 cm³/mol. The summed E-state index contributed by atoms with van der Waals surface area (Å²) in [5, 5.41) is 16.9. The van der Waals surface area contributed by atoms with Gasteiger partial charge < -0.3 is 15.4 Å². The molecule has 2 rings (SSSR count). The summed E-state index contributed by atoms with van der Waals surface area (Å²) in [4.78, 5) is 14.1. The Bertz CT molecular complexity index is 961. The number of nitrogens with one attached hydrogen (secondary N) is 3. The quantitative estimate of drug-likeness (QED) is 0.182. The molecule has 3 N–H and O–H groups in total. The van der Waals surface area contributed by atoms with Gasteiger partial charge in [0.1, 0.15) is 5.75 Å². The number of nitrogens with zero attached hydrogens (tertiary/aromatic N) is 2. The molecule has 0 aliphatic carbocycles. The van der Waals surface area contributed by atoms with Crippen molar-refractivity contribution in [1.82, 2.24) is 15.4 Å². The maximum atomic E-state index is 12.3. The minimum absolute atomic E-state index is 0.0776. The Labute approximate surface area is 169 Å². The number of hydrogen-bond acceptors (Lipinski definition) is 6. The number of rotatable bonds is 9. The highest BCUT2D eigenvalue weighted by atomic mass is 32.2. The molecule has 0 spiro atoms. The first kappa shape index (κ1) is 22.1. The van der Waals surface area contributed by atoms with Gasteiger partial charge in [0.15, 0.2) is 5.96 Å². The van der Waals surface area contributed by atoms with Crippen LogP contribution in [0.4, 0.5) is 5.69 Å². The van der Waals surface area contributed by atoms with Crippen LogP contribution in [0.15, 0.2) is 58.4 Å². The molecule has 0 radical (unpaired) electrons. The first-order chi connectivity index (χ1) is 13.9. The van der Waals surface area contributed by atoms with Crippen LogP contribution in [-0.2, 0) is 16.6 Å². The van der Waals surface area contributed by atoms with Crippen molar-refractivity contribution in [2.45, 2.75) is 11.4 Å². The van der Waals surface area contributed by atoms with Gasteiger partial charge in [0.25, 0.3) is 5.69 Å². The van der Waals surface area contributed by atoms with Crippen molar-refractivity contribution in [3.8, 4) is 5.75 Å². The maximum Gasteiger partial charge on any atom is 0.270 e. The zero-order valence-corrected chi connectivity index (χ0v) is 16.9. The Morgan fingerprint density at radius 3 is 2.48 bits per heavy atom. The predicted octanol–water partition coefficient (Wildman–Crippen LogP) is 1.25. The smallest absolute Gasteiger partial charge is 0.270 e. The van der Waals surface area contributed by atoms with Crippen LogP contribution in [0.5, 0.6) is 5.75 Å². The van der Waals surface area contributed by atoms with E-state index in [2.05, 4.69) is 20.3 Å². The minimum Gasteiger partial charge on any atom is -0.497 e. The number of methoxy groups -OCH3 is 1. The summed E-state index contributed by atoms with van der Waals surface area (Å²) in [5.74, 6) is 1.28. The van der Waals surface area contributed by atoms with E-state index in [-0.39, 0.29) is 23.7 Å². The van der Waals surface area contributed by atoms with Crippen molar-refractivity contribution < 1.29 is 18.1 Å². The number of guanidine groups is 1. The van der Waals surface area contributed by atoms with Crippen molar-refractivity contribution in [3.05, 3.63) is 64.2 Å². The zero-order valence-electron chi connectivity index (χ0n) is 16.1. The number of non-ortho nitro benzene ring substituents is 1. The van der Waals surface area contributed by atoms with Crippen LogP contribution >= 0.6 is 0 Å². The molecule has 0 saturated carbocycles. The Morgan fingerprint density at radius 1 is 1.14 bits per heavy atom. The summed E-state index contributed by atoms with van der Waals surface area (Å²) >= 11 is 0. The Morgan fingerprint density at radius 2 is 1.86 bits per heavy atom. The van der Waals surface area contributed by atoms with E-state index in [1.807, 2.05) is 24.3 Å². The highest BCUT2D eigenvalue weighted by Gasteiger charge is 2.17. The first-order valence-corrected chi connectivity index (χ1v) is 10.2. The second kappa shape index (κ2) is 10.4. The van der Waals surface area contributed by atoms with E-state index in [0.717, 1.165) is 17.4 Å². The lowest BCUT2D eigenvalue weighted by atomic mass is 10.2. The van der Waals surface area contributed by atoms with Gasteiger partial charge >= 0.3 is 0 Å². The summed E-state index contributed by atoms with van der Waals surface area (Å²) in [6, 6.07) is 12.4. The molecule has 156 valence electrons. The van der Waals surface area contributed by atoms with E-state index in [1.165, 1.54) is 18.2 Å². The molecule has 2 aromatic rings. The third-order valence-corrected chi connectivity index (χ3v) is 5.35. The number of hydrogen-bond donors (Lipinski definition) is 3. The summed E-state index contributed by atoms with van der Waals surface area (Å²) in [6.07, 6.45) is 0. The van der Waals surface area contributed by atoms with Gasteiger partial charge in [0.2, 0.25) is 10.0 Å².